The second-order valence-electron chi connectivity index (χ2n) is 5.24. The average Bonchev–Trinajstić information content (AvgIpc) is 2.70. The molecule has 4 heteroatoms. The molecule has 2 heterocycles. The van der Waals surface area contributed by atoms with Gasteiger partial charge in [-0.15, -0.1) is 0 Å². The molecule has 3 rings (SSSR count). The zero-order valence-electron chi connectivity index (χ0n) is 9.19. The minimum Gasteiger partial charge on any atom is -0.325 e. The maximum Gasteiger partial charge on any atom is 0.0772 e. The number of nitrogens with two attached hydrogens (primary N) is 1. The summed E-state index contributed by atoms with van der Waals surface area (Å²) in [5, 5.41) is 4.42. The van der Waals surface area contributed by atoms with Gasteiger partial charge in [-0.05, 0) is 31.9 Å². The molecule has 0 spiro atoms. The Balaban J connectivity index is 1.66. The second-order valence-corrected chi connectivity index (χ2v) is 5.24. The molecule has 2 fully saturated rings. The van der Waals surface area contributed by atoms with E-state index in [1.165, 1.54) is 18.4 Å². The Hall–Kier alpha value is -0.870. The van der Waals surface area contributed by atoms with Crippen LogP contribution in [-0.4, -0.2) is 40.4 Å². The van der Waals surface area contributed by atoms with Crippen molar-refractivity contribution < 1.29 is 0 Å². The van der Waals surface area contributed by atoms with Crippen LogP contribution in [0.15, 0.2) is 12.4 Å². The summed E-state index contributed by atoms with van der Waals surface area (Å²) in [6.45, 7) is 2.24. The van der Waals surface area contributed by atoms with Gasteiger partial charge in [-0.25, -0.2) is 0 Å². The van der Waals surface area contributed by atoms with Crippen molar-refractivity contribution in [3.05, 3.63) is 18.0 Å². The van der Waals surface area contributed by atoms with Gasteiger partial charge in [-0.3, -0.25) is 4.68 Å². The molecule has 82 valence electrons. The van der Waals surface area contributed by atoms with Gasteiger partial charge in [0, 0.05) is 24.8 Å². The van der Waals surface area contributed by atoms with Gasteiger partial charge in [0.15, 0.2) is 0 Å². The van der Waals surface area contributed by atoms with Crippen LogP contribution in [-0.2, 0) is 6.42 Å². The van der Waals surface area contributed by atoms with Crippen LogP contribution in [0.5, 0.6) is 0 Å². The molecule has 1 aromatic rings. The van der Waals surface area contributed by atoms with Crippen LogP contribution >= 0.6 is 0 Å². The van der Waals surface area contributed by atoms with E-state index >= 15 is 0 Å². The van der Waals surface area contributed by atoms with Crippen molar-refractivity contribution in [1.82, 2.24) is 14.7 Å². The molecule has 0 aromatic carbocycles. The van der Waals surface area contributed by atoms with Gasteiger partial charge >= 0.3 is 0 Å². The number of nitrogens with zero attached hydrogens (tertiary/aromatic N) is 3. The van der Waals surface area contributed by atoms with E-state index in [1.807, 2.05) is 6.20 Å². The van der Waals surface area contributed by atoms with E-state index in [1.54, 1.807) is 0 Å². The quantitative estimate of drug-likeness (QED) is 0.779. The van der Waals surface area contributed by atoms with E-state index < -0.39 is 0 Å². The summed E-state index contributed by atoms with van der Waals surface area (Å²) in [5.74, 6) is 0. The lowest BCUT2D eigenvalue weighted by atomic mass is 10.1. The predicted octanol–water partition coefficient (Wildman–Crippen LogP) is 0.403. The first kappa shape index (κ1) is 9.36. The number of likely N-dealkylation sites (N-methyl/N-ethyl adjacent to an activating group) is 1. The smallest absolute Gasteiger partial charge is 0.0772 e. The molecule has 0 unspecified atom stereocenters. The Morgan fingerprint density at radius 3 is 2.87 bits per heavy atom. The highest BCUT2D eigenvalue weighted by molar-refractivity contribution is 5.15. The topological polar surface area (TPSA) is 47.1 Å². The highest BCUT2D eigenvalue weighted by Gasteiger charge is 2.38. The highest BCUT2D eigenvalue weighted by atomic mass is 15.4. The van der Waals surface area contributed by atoms with E-state index in [-0.39, 0.29) is 5.54 Å². The Labute approximate surface area is 90.0 Å². The third kappa shape index (κ3) is 1.79. The molecule has 1 saturated carbocycles. The molecule has 1 saturated heterocycles. The third-order valence-corrected chi connectivity index (χ3v) is 3.52. The summed E-state index contributed by atoms with van der Waals surface area (Å²) in [4.78, 5) is 2.30. The molecule has 1 aromatic heterocycles. The summed E-state index contributed by atoms with van der Waals surface area (Å²) in [7, 11) is 2.14. The number of aromatic nitrogens is 2. The zero-order chi connectivity index (χ0) is 10.5. The number of hydrogen-bond donors (Lipinski definition) is 1. The van der Waals surface area contributed by atoms with Crippen LogP contribution in [0.25, 0.3) is 0 Å². The Morgan fingerprint density at radius 2 is 2.27 bits per heavy atom. The van der Waals surface area contributed by atoms with Crippen molar-refractivity contribution >= 4 is 0 Å². The van der Waals surface area contributed by atoms with Gasteiger partial charge in [0.05, 0.1) is 12.2 Å². The molecule has 0 radical (unpaired) electrons. The molecule has 2 aliphatic rings. The number of likely N-dealkylation sites (tertiary alicyclic amines) is 1. The summed E-state index contributed by atoms with van der Waals surface area (Å²) in [5.41, 5.74) is 7.48. The van der Waals surface area contributed by atoms with Gasteiger partial charge < -0.3 is 10.6 Å². The van der Waals surface area contributed by atoms with Crippen LogP contribution < -0.4 is 5.73 Å². The molecule has 0 amide bonds. The fraction of sp³-hybridized carbons (Fsp3) is 0.727. The number of rotatable bonds is 3. The van der Waals surface area contributed by atoms with Crippen LogP contribution in [0.4, 0.5) is 0 Å². The largest absolute Gasteiger partial charge is 0.325 e. The average molecular weight is 206 g/mol. The van der Waals surface area contributed by atoms with Crippen molar-refractivity contribution in [2.24, 2.45) is 5.73 Å². The van der Waals surface area contributed by atoms with Crippen LogP contribution in [0.3, 0.4) is 0 Å². The van der Waals surface area contributed by atoms with Gasteiger partial charge in [-0.1, -0.05) is 0 Å². The van der Waals surface area contributed by atoms with E-state index in [0.717, 1.165) is 19.5 Å². The van der Waals surface area contributed by atoms with Crippen molar-refractivity contribution in [3.8, 4) is 0 Å². The van der Waals surface area contributed by atoms with Crippen molar-refractivity contribution in [2.45, 2.75) is 30.8 Å². The normalized spacial score (nSPS) is 25.2. The van der Waals surface area contributed by atoms with Crippen molar-refractivity contribution in [1.29, 1.82) is 0 Å². The molecule has 0 atom stereocenters. The summed E-state index contributed by atoms with van der Waals surface area (Å²) in [6.07, 6.45) is 7.49. The van der Waals surface area contributed by atoms with Crippen molar-refractivity contribution in [3.63, 3.8) is 0 Å². The molecular weight excluding hydrogens is 188 g/mol. The summed E-state index contributed by atoms with van der Waals surface area (Å²) < 4.78 is 2.10. The van der Waals surface area contributed by atoms with E-state index in [9.17, 15) is 0 Å². The SMILES string of the molecule is CN1CC(n2cc(CC3(N)CC3)cn2)C1. The summed E-state index contributed by atoms with van der Waals surface area (Å²) in [6, 6.07) is 0.580. The lowest BCUT2D eigenvalue weighted by Crippen LogP contribution is -2.45. The zero-order valence-corrected chi connectivity index (χ0v) is 9.19. The van der Waals surface area contributed by atoms with Crippen molar-refractivity contribution in [2.75, 3.05) is 20.1 Å². The minimum absolute atomic E-state index is 0.101. The number of hydrogen-bond acceptors (Lipinski definition) is 3. The van der Waals surface area contributed by atoms with Crippen LogP contribution in [0.2, 0.25) is 0 Å². The van der Waals surface area contributed by atoms with Crippen LogP contribution in [0.1, 0.15) is 24.4 Å². The lowest BCUT2D eigenvalue weighted by molar-refractivity contribution is 0.130. The maximum atomic E-state index is 6.09. The lowest BCUT2D eigenvalue weighted by Gasteiger charge is -2.36. The molecule has 2 N–H and O–H groups in total. The first-order valence-corrected chi connectivity index (χ1v) is 5.65. The minimum atomic E-state index is 0.101. The summed E-state index contributed by atoms with van der Waals surface area (Å²) >= 11 is 0. The fourth-order valence-electron chi connectivity index (χ4n) is 2.25. The van der Waals surface area contributed by atoms with E-state index in [2.05, 4.69) is 27.9 Å². The third-order valence-electron chi connectivity index (χ3n) is 3.52. The molecule has 4 nitrogen and oxygen atoms in total. The Kier molecular flexibility index (Phi) is 1.91. The fourth-order valence-corrected chi connectivity index (χ4v) is 2.25. The molecule has 15 heavy (non-hydrogen) atoms. The predicted molar refractivity (Wildman–Crippen MR) is 58.6 cm³/mol. The van der Waals surface area contributed by atoms with Crippen LogP contribution in [0, 0.1) is 0 Å². The standard InChI is InChI=1S/C11H18N4/c1-14-7-10(8-14)15-6-9(5-13-15)4-11(12)2-3-11/h5-6,10H,2-4,7-8,12H2,1H3. The van der Waals surface area contributed by atoms with E-state index in [0.29, 0.717) is 6.04 Å². The second kappa shape index (κ2) is 3.06. The van der Waals surface area contributed by atoms with Gasteiger partial charge in [0.2, 0.25) is 0 Å². The van der Waals surface area contributed by atoms with E-state index in [4.69, 9.17) is 5.73 Å². The maximum absolute atomic E-state index is 6.09. The first-order chi connectivity index (χ1) is 7.15. The Bertz CT molecular complexity index is 360. The first-order valence-electron chi connectivity index (χ1n) is 5.65. The highest BCUT2D eigenvalue weighted by Crippen LogP contribution is 2.35. The molecule has 1 aliphatic carbocycles. The van der Waals surface area contributed by atoms with Gasteiger partial charge in [-0.2, -0.15) is 5.10 Å². The molecule has 1 aliphatic heterocycles. The Morgan fingerprint density at radius 1 is 1.53 bits per heavy atom. The monoisotopic (exact) mass is 206 g/mol. The molecular formula is C11H18N4. The van der Waals surface area contributed by atoms with Gasteiger partial charge in [0.25, 0.3) is 0 Å². The van der Waals surface area contributed by atoms with Gasteiger partial charge in [0.1, 0.15) is 0 Å². The molecule has 0 bridgehead atoms.